The van der Waals surface area contributed by atoms with Crippen LogP contribution in [0.5, 0.6) is 5.75 Å². The second kappa shape index (κ2) is 6.30. The number of rotatable bonds is 6. The summed E-state index contributed by atoms with van der Waals surface area (Å²) in [5, 5.41) is 0. The molecule has 1 aromatic carbocycles. The standard InChI is InChI=1S/C14H20F2N2O/c15-14(16)5-7-18(11-14)8-9-19-13-3-1-2-12(10-13)4-6-17/h1-3,10H,4-9,11,17H2. The maximum Gasteiger partial charge on any atom is 0.261 e. The van der Waals surface area contributed by atoms with Gasteiger partial charge in [-0.15, -0.1) is 0 Å². The van der Waals surface area contributed by atoms with Gasteiger partial charge >= 0.3 is 0 Å². The van der Waals surface area contributed by atoms with Gasteiger partial charge in [0.05, 0.1) is 6.54 Å². The summed E-state index contributed by atoms with van der Waals surface area (Å²) in [6, 6.07) is 7.75. The molecule has 0 unspecified atom stereocenters. The number of halogens is 2. The van der Waals surface area contributed by atoms with Crippen molar-refractivity contribution in [1.29, 1.82) is 0 Å². The first-order chi connectivity index (χ1) is 9.09. The number of alkyl halides is 2. The van der Waals surface area contributed by atoms with E-state index < -0.39 is 5.92 Å². The Morgan fingerprint density at radius 3 is 2.89 bits per heavy atom. The van der Waals surface area contributed by atoms with Gasteiger partial charge < -0.3 is 10.5 Å². The highest BCUT2D eigenvalue weighted by Crippen LogP contribution is 2.26. The van der Waals surface area contributed by atoms with Crippen molar-refractivity contribution in [3.05, 3.63) is 29.8 Å². The lowest BCUT2D eigenvalue weighted by atomic mass is 10.1. The van der Waals surface area contributed by atoms with Gasteiger partial charge in [-0.1, -0.05) is 12.1 Å². The number of likely N-dealkylation sites (tertiary alicyclic amines) is 1. The zero-order valence-corrected chi connectivity index (χ0v) is 10.9. The van der Waals surface area contributed by atoms with Crippen molar-refractivity contribution in [3.8, 4) is 5.75 Å². The van der Waals surface area contributed by atoms with Gasteiger partial charge in [0.15, 0.2) is 0 Å². The molecular formula is C14H20F2N2O. The van der Waals surface area contributed by atoms with Crippen LogP contribution in [-0.4, -0.2) is 43.6 Å². The van der Waals surface area contributed by atoms with Crippen LogP contribution in [0.4, 0.5) is 8.78 Å². The molecule has 1 heterocycles. The first kappa shape index (κ1) is 14.2. The summed E-state index contributed by atoms with van der Waals surface area (Å²) in [6.45, 7) is 1.87. The predicted octanol–water partition coefficient (Wildman–Crippen LogP) is 1.91. The molecule has 2 N–H and O–H groups in total. The molecular weight excluding hydrogens is 250 g/mol. The highest BCUT2D eigenvalue weighted by molar-refractivity contribution is 5.28. The highest BCUT2D eigenvalue weighted by Gasteiger charge is 2.37. The lowest BCUT2D eigenvalue weighted by Gasteiger charge is -2.16. The Bertz CT molecular complexity index is 412. The van der Waals surface area contributed by atoms with Crippen LogP contribution in [0.2, 0.25) is 0 Å². The molecule has 19 heavy (non-hydrogen) atoms. The quantitative estimate of drug-likeness (QED) is 0.858. The molecule has 1 saturated heterocycles. The van der Waals surface area contributed by atoms with E-state index in [0.29, 0.717) is 26.2 Å². The molecule has 0 saturated carbocycles. The topological polar surface area (TPSA) is 38.5 Å². The average molecular weight is 270 g/mol. The molecule has 3 nitrogen and oxygen atoms in total. The van der Waals surface area contributed by atoms with Crippen molar-refractivity contribution in [1.82, 2.24) is 4.90 Å². The van der Waals surface area contributed by atoms with E-state index >= 15 is 0 Å². The van der Waals surface area contributed by atoms with Crippen molar-refractivity contribution in [3.63, 3.8) is 0 Å². The molecule has 0 spiro atoms. The van der Waals surface area contributed by atoms with Gasteiger partial charge in [-0.25, -0.2) is 8.78 Å². The molecule has 1 aromatic rings. The van der Waals surface area contributed by atoms with Crippen molar-refractivity contribution < 1.29 is 13.5 Å². The lowest BCUT2D eigenvalue weighted by Crippen LogP contribution is -2.29. The van der Waals surface area contributed by atoms with Crippen LogP contribution in [-0.2, 0) is 6.42 Å². The van der Waals surface area contributed by atoms with Crippen LogP contribution < -0.4 is 10.5 Å². The van der Waals surface area contributed by atoms with Gasteiger partial charge in [0, 0.05) is 19.5 Å². The lowest BCUT2D eigenvalue weighted by molar-refractivity contribution is 0.0113. The van der Waals surface area contributed by atoms with E-state index in [-0.39, 0.29) is 13.0 Å². The Hall–Kier alpha value is -1.20. The summed E-state index contributed by atoms with van der Waals surface area (Å²) in [6.07, 6.45) is 0.772. The number of hydrogen-bond donors (Lipinski definition) is 1. The Morgan fingerprint density at radius 1 is 1.37 bits per heavy atom. The molecule has 0 aliphatic carbocycles. The molecule has 0 bridgehead atoms. The van der Waals surface area contributed by atoms with E-state index in [2.05, 4.69) is 0 Å². The van der Waals surface area contributed by atoms with E-state index in [1.165, 1.54) is 0 Å². The van der Waals surface area contributed by atoms with E-state index in [0.717, 1.165) is 17.7 Å². The van der Waals surface area contributed by atoms with Crippen molar-refractivity contribution in [2.75, 3.05) is 32.8 Å². The van der Waals surface area contributed by atoms with Crippen LogP contribution in [0.1, 0.15) is 12.0 Å². The molecule has 0 atom stereocenters. The van der Waals surface area contributed by atoms with Gasteiger partial charge in [-0.3, -0.25) is 4.90 Å². The minimum atomic E-state index is -2.53. The summed E-state index contributed by atoms with van der Waals surface area (Å²) >= 11 is 0. The van der Waals surface area contributed by atoms with Gasteiger partial charge in [-0.2, -0.15) is 0 Å². The van der Waals surface area contributed by atoms with E-state index in [4.69, 9.17) is 10.5 Å². The Balaban J connectivity index is 1.75. The smallest absolute Gasteiger partial charge is 0.261 e. The fourth-order valence-corrected chi connectivity index (χ4v) is 2.25. The van der Waals surface area contributed by atoms with Crippen molar-refractivity contribution in [2.24, 2.45) is 5.73 Å². The molecule has 0 aromatic heterocycles. The first-order valence-electron chi connectivity index (χ1n) is 6.61. The fraction of sp³-hybridized carbons (Fsp3) is 0.571. The summed E-state index contributed by atoms with van der Waals surface area (Å²) in [5.74, 6) is -1.75. The second-order valence-electron chi connectivity index (χ2n) is 4.92. The molecule has 1 aliphatic heterocycles. The number of nitrogens with two attached hydrogens (primary N) is 1. The summed E-state index contributed by atoms with van der Waals surface area (Å²) in [4.78, 5) is 1.74. The molecule has 5 heteroatoms. The SMILES string of the molecule is NCCc1cccc(OCCN2CCC(F)(F)C2)c1. The molecule has 0 radical (unpaired) electrons. The molecule has 2 rings (SSSR count). The van der Waals surface area contributed by atoms with Gasteiger partial charge in [0.1, 0.15) is 12.4 Å². The number of benzene rings is 1. The van der Waals surface area contributed by atoms with Crippen LogP contribution in [0.3, 0.4) is 0 Å². The van der Waals surface area contributed by atoms with Gasteiger partial charge in [0.25, 0.3) is 5.92 Å². The fourth-order valence-electron chi connectivity index (χ4n) is 2.25. The third kappa shape index (κ3) is 4.44. The molecule has 0 amide bonds. The molecule has 1 fully saturated rings. The van der Waals surface area contributed by atoms with Crippen molar-refractivity contribution >= 4 is 0 Å². The monoisotopic (exact) mass is 270 g/mol. The first-order valence-corrected chi connectivity index (χ1v) is 6.61. The van der Waals surface area contributed by atoms with Crippen LogP contribution in [0.25, 0.3) is 0 Å². The van der Waals surface area contributed by atoms with E-state index in [9.17, 15) is 8.78 Å². The largest absolute Gasteiger partial charge is 0.492 e. The van der Waals surface area contributed by atoms with Crippen molar-refractivity contribution in [2.45, 2.75) is 18.8 Å². The number of nitrogens with zero attached hydrogens (tertiary/aromatic N) is 1. The zero-order chi connectivity index (χ0) is 13.7. The minimum Gasteiger partial charge on any atom is -0.492 e. The highest BCUT2D eigenvalue weighted by atomic mass is 19.3. The van der Waals surface area contributed by atoms with Crippen LogP contribution >= 0.6 is 0 Å². The molecule has 106 valence electrons. The number of hydrogen-bond acceptors (Lipinski definition) is 3. The maximum absolute atomic E-state index is 13.0. The number of ether oxygens (including phenoxy) is 1. The normalized spacial score (nSPS) is 18.7. The average Bonchev–Trinajstić information content (AvgIpc) is 2.70. The van der Waals surface area contributed by atoms with Crippen LogP contribution in [0, 0.1) is 0 Å². The van der Waals surface area contributed by atoms with Gasteiger partial charge in [0.2, 0.25) is 0 Å². The van der Waals surface area contributed by atoms with Gasteiger partial charge in [-0.05, 0) is 30.7 Å². The van der Waals surface area contributed by atoms with E-state index in [1.54, 1.807) is 4.90 Å². The van der Waals surface area contributed by atoms with Crippen LogP contribution in [0.15, 0.2) is 24.3 Å². The maximum atomic E-state index is 13.0. The predicted molar refractivity (Wildman–Crippen MR) is 70.7 cm³/mol. The Labute approximate surface area is 112 Å². The molecule has 1 aliphatic rings. The second-order valence-corrected chi connectivity index (χ2v) is 4.92. The summed E-state index contributed by atoms with van der Waals surface area (Å²) in [5.41, 5.74) is 6.63. The Kier molecular flexibility index (Phi) is 4.71. The minimum absolute atomic E-state index is 0.0427. The summed E-state index contributed by atoms with van der Waals surface area (Å²) in [7, 11) is 0. The Morgan fingerprint density at radius 2 is 2.21 bits per heavy atom. The summed E-state index contributed by atoms with van der Waals surface area (Å²) < 4.78 is 31.6. The third-order valence-electron chi connectivity index (χ3n) is 3.26. The zero-order valence-electron chi connectivity index (χ0n) is 10.9. The van der Waals surface area contributed by atoms with E-state index in [1.807, 2.05) is 24.3 Å². The third-order valence-corrected chi connectivity index (χ3v) is 3.26.